The number of hydrogen-bond acceptors (Lipinski definition) is 4. The molecule has 6 heteroatoms. The SMILES string of the molecule is O=C(c1ccc(-n2ccnn2)cc1)N1CCOC2(CCCC2)C1. The number of morpholine rings is 1. The molecule has 0 unspecified atom stereocenters. The summed E-state index contributed by atoms with van der Waals surface area (Å²) in [6.45, 7) is 2.03. The molecule has 0 atom stereocenters. The average Bonchev–Trinajstić information content (AvgIpc) is 3.27. The molecule has 1 amide bonds. The molecule has 1 aromatic heterocycles. The Kier molecular flexibility index (Phi) is 3.61. The Morgan fingerprint density at radius 3 is 2.65 bits per heavy atom. The monoisotopic (exact) mass is 312 g/mol. The Labute approximate surface area is 135 Å². The first-order valence-electron chi connectivity index (χ1n) is 8.16. The third-order valence-electron chi connectivity index (χ3n) is 4.85. The Bertz CT molecular complexity index is 675. The summed E-state index contributed by atoms with van der Waals surface area (Å²) in [6.07, 6.45) is 7.96. The second-order valence-corrected chi connectivity index (χ2v) is 6.36. The molecule has 120 valence electrons. The molecular formula is C17H20N4O2. The lowest BCUT2D eigenvalue weighted by atomic mass is 9.99. The van der Waals surface area contributed by atoms with Gasteiger partial charge in [0, 0.05) is 12.1 Å². The van der Waals surface area contributed by atoms with Crippen molar-refractivity contribution >= 4 is 5.91 Å². The molecule has 4 rings (SSSR count). The maximum Gasteiger partial charge on any atom is 0.254 e. The van der Waals surface area contributed by atoms with Crippen LogP contribution in [0.4, 0.5) is 0 Å². The predicted octanol–water partition coefficient (Wildman–Crippen LogP) is 2.05. The number of nitrogens with zero attached hydrogens (tertiary/aromatic N) is 4. The zero-order chi connectivity index (χ0) is 15.7. The Hall–Kier alpha value is -2.21. The molecule has 1 saturated carbocycles. The molecule has 2 fully saturated rings. The molecule has 1 spiro atoms. The van der Waals surface area contributed by atoms with Gasteiger partial charge >= 0.3 is 0 Å². The molecule has 2 heterocycles. The normalized spacial score (nSPS) is 20.1. The van der Waals surface area contributed by atoms with Crippen LogP contribution in [0, 0.1) is 0 Å². The zero-order valence-corrected chi connectivity index (χ0v) is 13.0. The first kappa shape index (κ1) is 14.4. The van der Waals surface area contributed by atoms with Gasteiger partial charge in [0.1, 0.15) is 0 Å². The van der Waals surface area contributed by atoms with Crippen LogP contribution in [0.1, 0.15) is 36.0 Å². The summed E-state index contributed by atoms with van der Waals surface area (Å²) in [5, 5.41) is 7.75. The van der Waals surface area contributed by atoms with Crippen LogP contribution >= 0.6 is 0 Å². The molecule has 2 aromatic rings. The van der Waals surface area contributed by atoms with Gasteiger partial charge in [-0.15, -0.1) is 5.10 Å². The summed E-state index contributed by atoms with van der Waals surface area (Å²) in [6, 6.07) is 7.51. The van der Waals surface area contributed by atoms with E-state index in [1.807, 2.05) is 29.2 Å². The molecule has 0 N–H and O–H groups in total. The molecule has 0 radical (unpaired) electrons. The minimum absolute atomic E-state index is 0.0877. The van der Waals surface area contributed by atoms with E-state index in [9.17, 15) is 4.79 Å². The van der Waals surface area contributed by atoms with Gasteiger partial charge in [0.25, 0.3) is 5.91 Å². The summed E-state index contributed by atoms with van der Waals surface area (Å²) >= 11 is 0. The van der Waals surface area contributed by atoms with Crippen molar-refractivity contribution < 1.29 is 9.53 Å². The third kappa shape index (κ3) is 2.74. The van der Waals surface area contributed by atoms with Gasteiger partial charge in [0.05, 0.1) is 36.8 Å². The fraction of sp³-hybridized carbons (Fsp3) is 0.471. The maximum atomic E-state index is 12.8. The standard InChI is InChI=1S/C17H20N4O2/c22-16(20-11-12-23-17(13-20)7-1-2-8-17)14-3-5-15(6-4-14)21-10-9-18-19-21/h3-6,9-10H,1-2,7-8,11-13H2. The number of aromatic nitrogens is 3. The summed E-state index contributed by atoms with van der Waals surface area (Å²) in [7, 11) is 0. The van der Waals surface area contributed by atoms with Crippen molar-refractivity contribution in [2.45, 2.75) is 31.3 Å². The predicted molar refractivity (Wildman–Crippen MR) is 84.4 cm³/mol. The van der Waals surface area contributed by atoms with Gasteiger partial charge in [-0.05, 0) is 37.1 Å². The highest BCUT2D eigenvalue weighted by molar-refractivity contribution is 5.94. The smallest absolute Gasteiger partial charge is 0.254 e. The van der Waals surface area contributed by atoms with Crippen LogP contribution < -0.4 is 0 Å². The van der Waals surface area contributed by atoms with E-state index in [0.29, 0.717) is 18.7 Å². The molecule has 1 aliphatic heterocycles. The fourth-order valence-corrected chi connectivity index (χ4v) is 3.63. The zero-order valence-electron chi connectivity index (χ0n) is 13.0. The van der Waals surface area contributed by atoms with Crippen LogP contribution in [0.25, 0.3) is 5.69 Å². The van der Waals surface area contributed by atoms with Gasteiger partial charge in [-0.1, -0.05) is 18.1 Å². The van der Waals surface area contributed by atoms with E-state index in [1.54, 1.807) is 17.1 Å². The number of ether oxygens (including phenoxy) is 1. The van der Waals surface area contributed by atoms with E-state index in [-0.39, 0.29) is 11.5 Å². The van der Waals surface area contributed by atoms with E-state index in [1.165, 1.54) is 12.8 Å². The minimum Gasteiger partial charge on any atom is -0.371 e. The first-order chi connectivity index (χ1) is 11.3. The Balaban J connectivity index is 1.50. The lowest BCUT2D eigenvalue weighted by molar-refractivity contribution is -0.0948. The van der Waals surface area contributed by atoms with Crippen LogP contribution in [0.5, 0.6) is 0 Å². The number of carbonyl (C=O) groups excluding carboxylic acids is 1. The van der Waals surface area contributed by atoms with Crippen molar-refractivity contribution in [1.29, 1.82) is 0 Å². The highest BCUT2D eigenvalue weighted by atomic mass is 16.5. The molecule has 0 bridgehead atoms. The van der Waals surface area contributed by atoms with Crippen LogP contribution in [0.2, 0.25) is 0 Å². The first-order valence-corrected chi connectivity index (χ1v) is 8.16. The van der Waals surface area contributed by atoms with E-state index >= 15 is 0 Å². The van der Waals surface area contributed by atoms with Gasteiger partial charge in [0.15, 0.2) is 0 Å². The second kappa shape index (κ2) is 5.77. The molecule has 6 nitrogen and oxygen atoms in total. The minimum atomic E-state index is -0.0887. The van der Waals surface area contributed by atoms with Gasteiger partial charge in [-0.3, -0.25) is 4.79 Å². The van der Waals surface area contributed by atoms with Gasteiger partial charge < -0.3 is 9.64 Å². The lowest BCUT2D eigenvalue weighted by Crippen LogP contribution is -2.52. The van der Waals surface area contributed by atoms with Crippen molar-refractivity contribution in [3.8, 4) is 5.69 Å². The van der Waals surface area contributed by atoms with Crippen LogP contribution in [-0.4, -0.2) is 51.1 Å². The number of rotatable bonds is 2. The van der Waals surface area contributed by atoms with Gasteiger partial charge in [-0.25, -0.2) is 4.68 Å². The van der Waals surface area contributed by atoms with Crippen molar-refractivity contribution in [1.82, 2.24) is 19.9 Å². The molecule has 2 aliphatic rings. The molecular weight excluding hydrogens is 292 g/mol. The van der Waals surface area contributed by atoms with E-state index in [2.05, 4.69) is 10.3 Å². The number of benzene rings is 1. The van der Waals surface area contributed by atoms with Gasteiger partial charge in [0.2, 0.25) is 0 Å². The number of hydrogen-bond donors (Lipinski definition) is 0. The maximum absolute atomic E-state index is 12.8. The molecule has 23 heavy (non-hydrogen) atoms. The summed E-state index contributed by atoms with van der Waals surface area (Å²) in [4.78, 5) is 14.7. The second-order valence-electron chi connectivity index (χ2n) is 6.36. The van der Waals surface area contributed by atoms with E-state index in [0.717, 1.165) is 25.1 Å². The number of amides is 1. The summed E-state index contributed by atoms with van der Waals surface area (Å²) < 4.78 is 7.68. The quantitative estimate of drug-likeness (QED) is 0.851. The third-order valence-corrected chi connectivity index (χ3v) is 4.85. The van der Waals surface area contributed by atoms with E-state index < -0.39 is 0 Å². The van der Waals surface area contributed by atoms with Crippen molar-refractivity contribution in [3.05, 3.63) is 42.2 Å². The largest absolute Gasteiger partial charge is 0.371 e. The van der Waals surface area contributed by atoms with Crippen LogP contribution in [0.15, 0.2) is 36.7 Å². The average molecular weight is 312 g/mol. The Morgan fingerprint density at radius 2 is 1.96 bits per heavy atom. The van der Waals surface area contributed by atoms with Crippen molar-refractivity contribution in [2.75, 3.05) is 19.7 Å². The van der Waals surface area contributed by atoms with Crippen molar-refractivity contribution in [3.63, 3.8) is 0 Å². The number of carbonyl (C=O) groups is 1. The lowest BCUT2D eigenvalue weighted by Gasteiger charge is -2.40. The van der Waals surface area contributed by atoms with Crippen molar-refractivity contribution in [2.24, 2.45) is 0 Å². The fourth-order valence-electron chi connectivity index (χ4n) is 3.63. The van der Waals surface area contributed by atoms with Gasteiger partial charge in [-0.2, -0.15) is 0 Å². The summed E-state index contributed by atoms with van der Waals surface area (Å²) in [5.74, 6) is 0.0877. The van der Waals surface area contributed by atoms with E-state index in [4.69, 9.17) is 4.74 Å². The van der Waals surface area contributed by atoms with Crippen LogP contribution in [-0.2, 0) is 4.74 Å². The molecule has 1 saturated heterocycles. The molecule has 1 aliphatic carbocycles. The Morgan fingerprint density at radius 1 is 1.17 bits per heavy atom. The summed E-state index contributed by atoms with van der Waals surface area (Å²) in [5.41, 5.74) is 1.52. The highest BCUT2D eigenvalue weighted by Crippen LogP contribution is 2.36. The van der Waals surface area contributed by atoms with Crippen LogP contribution in [0.3, 0.4) is 0 Å². The highest BCUT2D eigenvalue weighted by Gasteiger charge is 2.40. The topological polar surface area (TPSA) is 60.2 Å². The molecule has 1 aromatic carbocycles.